The molecule has 1 aromatic carbocycles. The Balaban J connectivity index is 1.52. The standard InChI is InChI=1S/C21H23N7O/c1-2-3-6-11-27-12-13-28(21(27)29)15-16-9-10-19(22-14-16)17-7-4-5-8-18(17)20-23-25-26-24-20/h4-5,7-10,12-14H,2-3,6,11,15H2,1H3,(H,23,24,25,26). The van der Waals surface area contributed by atoms with Gasteiger partial charge >= 0.3 is 5.69 Å². The lowest BCUT2D eigenvalue weighted by Gasteiger charge is -2.08. The first kappa shape index (κ1) is 18.8. The average Bonchev–Trinajstić information content (AvgIpc) is 3.41. The van der Waals surface area contributed by atoms with Crippen LogP contribution in [-0.4, -0.2) is 34.7 Å². The molecule has 0 saturated carbocycles. The van der Waals surface area contributed by atoms with Crippen molar-refractivity contribution in [3.05, 3.63) is 71.0 Å². The SMILES string of the molecule is CCCCCn1ccn(Cc2ccc(-c3ccccc3-c3nnn[nH]3)nc2)c1=O. The van der Waals surface area contributed by atoms with Crippen molar-refractivity contribution < 1.29 is 0 Å². The monoisotopic (exact) mass is 389 g/mol. The van der Waals surface area contributed by atoms with Gasteiger partial charge in [0.05, 0.1) is 12.2 Å². The summed E-state index contributed by atoms with van der Waals surface area (Å²) in [6.45, 7) is 3.43. The van der Waals surface area contributed by atoms with Crippen molar-refractivity contribution in [2.75, 3.05) is 0 Å². The Morgan fingerprint density at radius 2 is 1.83 bits per heavy atom. The molecule has 3 aromatic heterocycles. The van der Waals surface area contributed by atoms with Crippen LogP contribution in [0.25, 0.3) is 22.6 Å². The van der Waals surface area contributed by atoms with Gasteiger partial charge in [-0.05, 0) is 28.5 Å². The van der Waals surface area contributed by atoms with E-state index in [9.17, 15) is 4.79 Å². The first-order chi connectivity index (χ1) is 14.3. The maximum Gasteiger partial charge on any atom is 0.328 e. The normalized spacial score (nSPS) is 11.1. The zero-order chi connectivity index (χ0) is 20.1. The number of pyridine rings is 1. The van der Waals surface area contributed by atoms with E-state index in [-0.39, 0.29) is 5.69 Å². The number of imidazole rings is 1. The Labute approximate surface area is 168 Å². The van der Waals surface area contributed by atoms with Gasteiger partial charge in [0.25, 0.3) is 0 Å². The van der Waals surface area contributed by atoms with Gasteiger partial charge < -0.3 is 0 Å². The van der Waals surface area contributed by atoms with E-state index in [2.05, 4.69) is 32.5 Å². The van der Waals surface area contributed by atoms with E-state index in [1.807, 2.05) is 55.0 Å². The molecule has 29 heavy (non-hydrogen) atoms. The molecule has 0 amide bonds. The van der Waals surface area contributed by atoms with Gasteiger partial charge in [0.15, 0.2) is 5.82 Å². The second-order valence-electron chi connectivity index (χ2n) is 6.96. The number of nitrogens with zero attached hydrogens (tertiary/aromatic N) is 6. The molecular weight excluding hydrogens is 366 g/mol. The predicted octanol–water partition coefficient (Wildman–Crippen LogP) is 3.13. The molecule has 0 fully saturated rings. The minimum atomic E-state index is 0.0216. The number of rotatable bonds is 8. The minimum Gasteiger partial charge on any atom is -0.299 e. The van der Waals surface area contributed by atoms with Gasteiger partial charge in [-0.1, -0.05) is 50.1 Å². The Morgan fingerprint density at radius 3 is 2.55 bits per heavy atom. The maximum absolute atomic E-state index is 12.5. The van der Waals surface area contributed by atoms with Gasteiger partial charge in [-0.3, -0.25) is 14.1 Å². The predicted molar refractivity (Wildman–Crippen MR) is 110 cm³/mol. The maximum atomic E-state index is 12.5. The van der Waals surface area contributed by atoms with Crippen LogP contribution in [-0.2, 0) is 13.1 Å². The Hall–Kier alpha value is -3.55. The van der Waals surface area contributed by atoms with Crippen LogP contribution in [0.2, 0.25) is 0 Å². The summed E-state index contributed by atoms with van der Waals surface area (Å²) in [4.78, 5) is 17.1. The van der Waals surface area contributed by atoms with Gasteiger partial charge in [0.2, 0.25) is 0 Å². The second kappa shape index (κ2) is 8.64. The Kier molecular flexibility index (Phi) is 5.60. The van der Waals surface area contributed by atoms with Crippen molar-refractivity contribution in [2.45, 2.75) is 39.3 Å². The number of aromatic amines is 1. The molecule has 1 N–H and O–H groups in total. The van der Waals surface area contributed by atoms with E-state index < -0.39 is 0 Å². The topological polar surface area (TPSA) is 94.3 Å². The fourth-order valence-corrected chi connectivity index (χ4v) is 3.34. The van der Waals surface area contributed by atoms with Crippen molar-refractivity contribution in [2.24, 2.45) is 0 Å². The summed E-state index contributed by atoms with van der Waals surface area (Å²) in [6.07, 6.45) is 8.82. The molecule has 8 heteroatoms. The first-order valence-electron chi connectivity index (χ1n) is 9.80. The molecule has 4 rings (SSSR count). The molecule has 0 saturated heterocycles. The summed E-state index contributed by atoms with van der Waals surface area (Å²) >= 11 is 0. The quantitative estimate of drug-likeness (QED) is 0.467. The minimum absolute atomic E-state index is 0.0216. The largest absolute Gasteiger partial charge is 0.328 e. The molecule has 8 nitrogen and oxygen atoms in total. The molecule has 0 bridgehead atoms. The van der Waals surface area contributed by atoms with Crippen LogP contribution in [0, 0.1) is 0 Å². The number of hydrogen-bond acceptors (Lipinski definition) is 5. The van der Waals surface area contributed by atoms with Crippen molar-refractivity contribution in [1.29, 1.82) is 0 Å². The number of benzene rings is 1. The fraction of sp³-hybridized carbons (Fsp3) is 0.286. The molecule has 4 aromatic rings. The molecule has 0 radical (unpaired) electrons. The van der Waals surface area contributed by atoms with Crippen molar-refractivity contribution >= 4 is 0 Å². The van der Waals surface area contributed by atoms with Crippen LogP contribution in [0.3, 0.4) is 0 Å². The van der Waals surface area contributed by atoms with Crippen molar-refractivity contribution in [1.82, 2.24) is 34.7 Å². The van der Waals surface area contributed by atoms with Crippen LogP contribution in [0.1, 0.15) is 31.7 Å². The zero-order valence-electron chi connectivity index (χ0n) is 16.3. The summed E-state index contributed by atoms with van der Waals surface area (Å²) in [7, 11) is 0. The highest BCUT2D eigenvalue weighted by Crippen LogP contribution is 2.28. The van der Waals surface area contributed by atoms with Crippen molar-refractivity contribution in [3.8, 4) is 22.6 Å². The number of aryl methyl sites for hydroxylation is 1. The van der Waals surface area contributed by atoms with Crippen LogP contribution in [0.4, 0.5) is 0 Å². The lowest BCUT2D eigenvalue weighted by atomic mass is 10.0. The summed E-state index contributed by atoms with van der Waals surface area (Å²) in [6, 6.07) is 11.8. The van der Waals surface area contributed by atoms with Gasteiger partial charge in [-0.15, -0.1) is 5.10 Å². The van der Waals surface area contributed by atoms with Crippen LogP contribution >= 0.6 is 0 Å². The Bertz CT molecular complexity index is 1110. The molecule has 0 atom stereocenters. The third-order valence-electron chi connectivity index (χ3n) is 4.90. The van der Waals surface area contributed by atoms with Gasteiger partial charge in [0.1, 0.15) is 0 Å². The average molecular weight is 389 g/mol. The molecule has 3 heterocycles. The number of nitrogens with one attached hydrogen (secondary N) is 1. The van der Waals surface area contributed by atoms with E-state index >= 15 is 0 Å². The summed E-state index contributed by atoms with van der Waals surface area (Å²) in [5.41, 5.74) is 3.65. The zero-order valence-corrected chi connectivity index (χ0v) is 16.3. The summed E-state index contributed by atoms with van der Waals surface area (Å²) < 4.78 is 3.50. The van der Waals surface area contributed by atoms with Crippen LogP contribution < -0.4 is 5.69 Å². The number of unbranched alkanes of at least 4 members (excludes halogenated alkanes) is 2. The molecular formula is C21H23N7O. The van der Waals surface area contributed by atoms with Crippen molar-refractivity contribution in [3.63, 3.8) is 0 Å². The molecule has 0 spiro atoms. The van der Waals surface area contributed by atoms with E-state index in [0.29, 0.717) is 12.4 Å². The van der Waals surface area contributed by atoms with E-state index in [1.165, 1.54) is 0 Å². The van der Waals surface area contributed by atoms with E-state index in [1.54, 1.807) is 9.13 Å². The van der Waals surface area contributed by atoms with Gasteiger partial charge in [-0.2, -0.15) is 0 Å². The molecule has 148 valence electrons. The lowest BCUT2D eigenvalue weighted by molar-refractivity contribution is 0.574. The van der Waals surface area contributed by atoms with Crippen LogP contribution in [0.5, 0.6) is 0 Å². The van der Waals surface area contributed by atoms with Crippen LogP contribution in [0.15, 0.2) is 59.8 Å². The molecule has 0 aliphatic heterocycles. The second-order valence-corrected chi connectivity index (χ2v) is 6.96. The fourth-order valence-electron chi connectivity index (χ4n) is 3.34. The van der Waals surface area contributed by atoms with E-state index in [0.717, 1.165) is 48.2 Å². The Morgan fingerprint density at radius 1 is 1.00 bits per heavy atom. The highest BCUT2D eigenvalue weighted by molar-refractivity contribution is 5.78. The first-order valence-corrected chi connectivity index (χ1v) is 9.80. The highest BCUT2D eigenvalue weighted by atomic mass is 16.1. The third kappa shape index (κ3) is 4.16. The summed E-state index contributed by atoms with van der Waals surface area (Å²) in [5.74, 6) is 0.599. The molecule has 0 unspecified atom stereocenters. The number of hydrogen-bond donors (Lipinski definition) is 1. The molecule has 0 aliphatic carbocycles. The van der Waals surface area contributed by atoms with E-state index in [4.69, 9.17) is 0 Å². The third-order valence-corrected chi connectivity index (χ3v) is 4.90. The summed E-state index contributed by atoms with van der Waals surface area (Å²) in [5, 5.41) is 14.1. The number of H-pyrrole nitrogens is 1. The number of aromatic nitrogens is 7. The smallest absolute Gasteiger partial charge is 0.299 e. The lowest BCUT2D eigenvalue weighted by Crippen LogP contribution is -2.24. The number of tetrazole rings is 1. The van der Waals surface area contributed by atoms with Gasteiger partial charge in [0, 0.05) is 36.3 Å². The highest BCUT2D eigenvalue weighted by Gasteiger charge is 2.11. The molecule has 0 aliphatic rings. The van der Waals surface area contributed by atoms with Gasteiger partial charge in [-0.25, -0.2) is 9.89 Å².